The Kier molecular flexibility index (Phi) is 7.21. The van der Waals surface area contributed by atoms with Crippen LogP contribution in [0.2, 0.25) is 10.0 Å². The molecule has 0 aliphatic carbocycles. The number of carbonyl (C=O) groups is 1. The number of benzene rings is 1. The van der Waals surface area contributed by atoms with Gasteiger partial charge in [0.25, 0.3) is 0 Å². The first-order chi connectivity index (χ1) is 9.02. The second-order valence-electron chi connectivity index (χ2n) is 4.54. The van der Waals surface area contributed by atoms with Gasteiger partial charge in [-0.15, -0.1) is 0 Å². The van der Waals surface area contributed by atoms with E-state index in [1.54, 1.807) is 12.1 Å². The Morgan fingerprint density at radius 3 is 2.79 bits per heavy atom. The Labute approximate surface area is 124 Å². The minimum Gasteiger partial charge on any atom is -0.354 e. The van der Waals surface area contributed by atoms with Crippen molar-refractivity contribution < 1.29 is 4.79 Å². The molecule has 0 aliphatic rings. The lowest BCUT2D eigenvalue weighted by Gasteiger charge is -2.11. The third kappa shape index (κ3) is 6.28. The minimum atomic E-state index is 0.0686. The molecule has 1 aromatic rings. The lowest BCUT2D eigenvalue weighted by molar-refractivity contribution is -0.121. The molecule has 0 heterocycles. The maximum atomic E-state index is 11.5. The molecule has 3 nitrogen and oxygen atoms in total. The number of nitrogens with one attached hydrogen (secondary N) is 2. The van der Waals surface area contributed by atoms with Crippen LogP contribution in [0.1, 0.15) is 32.3 Å². The largest absolute Gasteiger partial charge is 0.354 e. The summed E-state index contributed by atoms with van der Waals surface area (Å²) >= 11 is 12.0. The molecule has 19 heavy (non-hydrogen) atoms. The van der Waals surface area contributed by atoms with Gasteiger partial charge >= 0.3 is 0 Å². The zero-order chi connectivity index (χ0) is 14.3. The fourth-order valence-corrected chi connectivity index (χ4v) is 1.93. The van der Waals surface area contributed by atoms with Crippen molar-refractivity contribution in [1.82, 2.24) is 10.6 Å². The molecule has 0 radical (unpaired) electrons. The third-order valence-corrected chi connectivity index (χ3v) is 3.48. The van der Waals surface area contributed by atoms with Gasteiger partial charge in [-0.1, -0.05) is 30.1 Å². The van der Waals surface area contributed by atoms with Crippen molar-refractivity contribution in [3.63, 3.8) is 0 Å². The van der Waals surface area contributed by atoms with E-state index in [9.17, 15) is 4.79 Å². The molecule has 1 atom stereocenters. The molecule has 0 spiro atoms. The van der Waals surface area contributed by atoms with E-state index < -0.39 is 0 Å². The van der Waals surface area contributed by atoms with Gasteiger partial charge in [0.2, 0.25) is 5.91 Å². The summed E-state index contributed by atoms with van der Waals surface area (Å²) in [4.78, 5) is 11.5. The normalized spacial score (nSPS) is 12.2. The van der Waals surface area contributed by atoms with E-state index in [1.165, 1.54) is 0 Å². The summed E-state index contributed by atoms with van der Waals surface area (Å²) in [5, 5.41) is 7.45. The molecule has 1 aromatic carbocycles. The van der Waals surface area contributed by atoms with E-state index in [4.69, 9.17) is 23.2 Å². The van der Waals surface area contributed by atoms with Gasteiger partial charge < -0.3 is 10.6 Å². The van der Waals surface area contributed by atoms with Crippen molar-refractivity contribution in [3.05, 3.63) is 33.8 Å². The molecule has 5 heteroatoms. The van der Waals surface area contributed by atoms with Crippen molar-refractivity contribution in [2.24, 2.45) is 0 Å². The van der Waals surface area contributed by atoms with Crippen LogP contribution < -0.4 is 10.6 Å². The molecule has 0 aliphatic heterocycles. The molecule has 0 saturated heterocycles. The van der Waals surface area contributed by atoms with E-state index in [-0.39, 0.29) is 11.9 Å². The standard InChI is InChI=1S/C14H20Cl2N2O/c1-3-10(2)18-14(19)6-7-17-9-11-8-12(15)4-5-13(11)16/h4-5,8,10,17H,3,6-7,9H2,1-2H3,(H,18,19). The average Bonchev–Trinajstić information content (AvgIpc) is 2.38. The van der Waals surface area contributed by atoms with Crippen LogP contribution >= 0.6 is 23.2 Å². The highest BCUT2D eigenvalue weighted by Crippen LogP contribution is 2.20. The number of hydrogen-bond acceptors (Lipinski definition) is 2. The van der Waals surface area contributed by atoms with Crippen molar-refractivity contribution in [2.75, 3.05) is 6.54 Å². The molecule has 0 bridgehead atoms. The third-order valence-electron chi connectivity index (χ3n) is 2.87. The van der Waals surface area contributed by atoms with Crippen LogP contribution in [0.4, 0.5) is 0 Å². The van der Waals surface area contributed by atoms with Crippen LogP contribution in [-0.4, -0.2) is 18.5 Å². The molecule has 1 rings (SSSR count). The van der Waals surface area contributed by atoms with E-state index in [0.29, 0.717) is 29.6 Å². The lowest BCUT2D eigenvalue weighted by atomic mass is 10.2. The first kappa shape index (κ1) is 16.3. The fourth-order valence-electron chi connectivity index (χ4n) is 1.55. The summed E-state index contributed by atoms with van der Waals surface area (Å²) in [6, 6.07) is 5.59. The predicted molar refractivity (Wildman–Crippen MR) is 80.7 cm³/mol. The van der Waals surface area contributed by atoms with Gasteiger partial charge in [0.1, 0.15) is 0 Å². The molecule has 1 amide bonds. The summed E-state index contributed by atoms with van der Waals surface area (Å²) in [5.74, 6) is 0.0686. The zero-order valence-corrected chi connectivity index (χ0v) is 12.8. The highest BCUT2D eigenvalue weighted by atomic mass is 35.5. The monoisotopic (exact) mass is 302 g/mol. The quantitative estimate of drug-likeness (QED) is 0.758. The average molecular weight is 303 g/mol. The van der Waals surface area contributed by atoms with Gasteiger partial charge in [-0.25, -0.2) is 0 Å². The van der Waals surface area contributed by atoms with Crippen LogP contribution in [0.25, 0.3) is 0 Å². The molecular formula is C14H20Cl2N2O. The second kappa shape index (κ2) is 8.41. The molecule has 0 aromatic heterocycles. The molecule has 0 fully saturated rings. The Bertz CT molecular complexity index is 424. The summed E-state index contributed by atoms with van der Waals surface area (Å²) in [7, 11) is 0. The lowest BCUT2D eigenvalue weighted by Crippen LogP contribution is -2.33. The fraction of sp³-hybridized carbons (Fsp3) is 0.500. The first-order valence-electron chi connectivity index (χ1n) is 6.47. The first-order valence-corrected chi connectivity index (χ1v) is 7.22. The maximum absolute atomic E-state index is 11.5. The van der Waals surface area contributed by atoms with Crippen LogP contribution in [0, 0.1) is 0 Å². The van der Waals surface area contributed by atoms with Crippen molar-refractivity contribution in [3.8, 4) is 0 Å². The van der Waals surface area contributed by atoms with Gasteiger partial charge in [0.05, 0.1) is 0 Å². The number of amides is 1. The van der Waals surface area contributed by atoms with Crippen LogP contribution in [0.5, 0.6) is 0 Å². The molecule has 106 valence electrons. The van der Waals surface area contributed by atoms with E-state index in [1.807, 2.05) is 19.9 Å². The Hall–Kier alpha value is -0.770. The summed E-state index contributed by atoms with van der Waals surface area (Å²) in [5.41, 5.74) is 0.941. The van der Waals surface area contributed by atoms with Crippen LogP contribution in [0.3, 0.4) is 0 Å². The maximum Gasteiger partial charge on any atom is 0.221 e. The number of rotatable bonds is 7. The Morgan fingerprint density at radius 1 is 1.37 bits per heavy atom. The van der Waals surface area contributed by atoms with E-state index in [2.05, 4.69) is 10.6 Å². The highest BCUT2D eigenvalue weighted by molar-refractivity contribution is 6.33. The zero-order valence-electron chi connectivity index (χ0n) is 11.3. The summed E-state index contributed by atoms with van der Waals surface area (Å²) in [6.07, 6.45) is 1.40. The van der Waals surface area contributed by atoms with Crippen molar-refractivity contribution in [2.45, 2.75) is 39.3 Å². The smallest absolute Gasteiger partial charge is 0.221 e. The topological polar surface area (TPSA) is 41.1 Å². The SMILES string of the molecule is CCC(C)NC(=O)CCNCc1cc(Cl)ccc1Cl. The van der Waals surface area contributed by atoms with Gasteiger partial charge in [-0.05, 0) is 37.1 Å². The number of hydrogen-bond donors (Lipinski definition) is 2. The summed E-state index contributed by atoms with van der Waals surface area (Å²) < 4.78 is 0. The predicted octanol–water partition coefficient (Wildman–Crippen LogP) is 3.39. The van der Waals surface area contributed by atoms with Crippen LogP contribution in [-0.2, 0) is 11.3 Å². The van der Waals surface area contributed by atoms with Gasteiger partial charge in [0, 0.05) is 35.6 Å². The van der Waals surface area contributed by atoms with E-state index in [0.717, 1.165) is 12.0 Å². The number of halogens is 2. The van der Waals surface area contributed by atoms with E-state index >= 15 is 0 Å². The molecular weight excluding hydrogens is 283 g/mol. The van der Waals surface area contributed by atoms with Gasteiger partial charge in [-0.3, -0.25) is 4.79 Å². The van der Waals surface area contributed by atoms with Gasteiger partial charge in [0.15, 0.2) is 0 Å². The van der Waals surface area contributed by atoms with Crippen molar-refractivity contribution in [1.29, 1.82) is 0 Å². The minimum absolute atomic E-state index is 0.0686. The summed E-state index contributed by atoms with van der Waals surface area (Å²) in [6.45, 7) is 5.27. The molecule has 0 saturated carbocycles. The molecule has 2 N–H and O–H groups in total. The second-order valence-corrected chi connectivity index (χ2v) is 5.38. The molecule has 1 unspecified atom stereocenters. The van der Waals surface area contributed by atoms with Crippen molar-refractivity contribution >= 4 is 29.1 Å². The Morgan fingerprint density at radius 2 is 2.11 bits per heavy atom. The highest BCUT2D eigenvalue weighted by Gasteiger charge is 2.05. The van der Waals surface area contributed by atoms with Gasteiger partial charge in [-0.2, -0.15) is 0 Å². The van der Waals surface area contributed by atoms with Crippen LogP contribution in [0.15, 0.2) is 18.2 Å². The Balaban J connectivity index is 2.27. The number of carbonyl (C=O) groups excluding carboxylic acids is 1.